The molecular weight excluding hydrogens is 262 g/mol. The van der Waals surface area contributed by atoms with Gasteiger partial charge in [-0.3, -0.25) is 0 Å². The third-order valence-corrected chi connectivity index (χ3v) is 3.72. The number of aromatic nitrogens is 2. The summed E-state index contributed by atoms with van der Waals surface area (Å²) in [4.78, 5) is 0. The van der Waals surface area contributed by atoms with E-state index in [0.29, 0.717) is 22.8 Å². The highest BCUT2D eigenvalue weighted by Gasteiger charge is 2.20. The van der Waals surface area contributed by atoms with Crippen LogP contribution in [0.5, 0.6) is 0 Å². The Morgan fingerprint density at radius 3 is 3.00 bits per heavy atom. The van der Waals surface area contributed by atoms with E-state index in [2.05, 4.69) is 15.5 Å². The molecule has 1 fully saturated rings. The van der Waals surface area contributed by atoms with Crippen LogP contribution >= 0.6 is 11.6 Å². The summed E-state index contributed by atoms with van der Waals surface area (Å²) in [6.07, 6.45) is 3.34. The fourth-order valence-corrected chi connectivity index (χ4v) is 2.15. The summed E-state index contributed by atoms with van der Waals surface area (Å²) in [5, 5.41) is 12.3. The second kappa shape index (κ2) is 5.31. The minimum Gasteiger partial charge on any atom is -0.421 e. The lowest BCUT2D eigenvalue weighted by Gasteiger charge is -2.02. The van der Waals surface area contributed by atoms with Gasteiger partial charge in [-0.1, -0.05) is 17.7 Å². The molecule has 0 amide bonds. The molecule has 1 aliphatic rings. The van der Waals surface area contributed by atoms with Crippen LogP contribution in [-0.2, 0) is 6.42 Å². The highest BCUT2D eigenvalue weighted by Crippen LogP contribution is 2.27. The number of benzene rings is 1. The molecule has 3 rings (SSSR count). The SMILES string of the molecule is Cc1c(Cl)cccc1-c1nnc(CCNC2CC2)o1. The zero-order chi connectivity index (χ0) is 13.2. The van der Waals surface area contributed by atoms with Gasteiger partial charge in [-0.05, 0) is 37.5 Å². The molecule has 19 heavy (non-hydrogen) atoms. The smallest absolute Gasteiger partial charge is 0.248 e. The van der Waals surface area contributed by atoms with Crippen LogP contribution in [0, 0.1) is 6.92 Å². The highest BCUT2D eigenvalue weighted by atomic mass is 35.5. The van der Waals surface area contributed by atoms with Gasteiger partial charge >= 0.3 is 0 Å². The number of hydrogen-bond donors (Lipinski definition) is 1. The van der Waals surface area contributed by atoms with Gasteiger partial charge < -0.3 is 9.73 Å². The predicted molar refractivity (Wildman–Crippen MR) is 74.2 cm³/mol. The quantitative estimate of drug-likeness (QED) is 0.913. The molecule has 0 radical (unpaired) electrons. The van der Waals surface area contributed by atoms with Gasteiger partial charge in [0.05, 0.1) is 0 Å². The van der Waals surface area contributed by atoms with Crippen LogP contribution in [0.15, 0.2) is 22.6 Å². The van der Waals surface area contributed by atoms with Crippen LogP contribution in [0.3, 0.4) is 0 Å². The van der Waals surface area contributed by atoms with Gasteiger partial charge in [0.2, 0.25) is 11.8 Å². The summed E-state index contributed by atoms with van der Waals surface area (Å²) >= 11 is 6.10. The van der Waals surface area contributed by atoms with Crippen LogP contribution in [0.4, 0.5) is 0 Å². The second-order valence-corrected chi connectivity index (χ2v) is 5.30. The number of nitrogens with one attached hydrogen (secondary N) is 1. The van der Waals surface area contributed by atoms with Crippen molar-refractivity contribution in [2.45, 2.75) is 32.2 Å². The molecule has 1 aromatic carbocycles. The number of nitrogens with zero attached hydrogens (tertiary/aromatic N) is 2. The second-order valence-electron chi connectivity index (χ2n) is 4.89. The normalized spacial score (nSPS) is 14.8. The van der Waals surface area contributed by atoms with E-state index in [1.807, 2.05) is 25.1 Å². The van der Waals surface area contributed by atoms with Crippen LogP contribution in [0.1, 0.15) is 24.3 Å². The van der Waals surface area contributed by atoms with Crippen molar-refractivity contribution < 1.29 is 4.42 Å². The van der Waals surface area contributed by atoms with E-state index in [0.717, 1.165) is 24.1 Å². The average Bonchev–Trinajstić information content (AvgIpc) is 3.10. The van der Waals surface area contributed by atoms with Crippen LogP contribution in [-0.4, -0.2) is 22.8 Å². The van der Waals surface area contributed by atoms with Gasteiger partial charge in [-0.2, -0.15) is 0 Å². The summed E-state index contributed by atoms with van der Waals surface area (Å²) < 4.78 is 5.69. The van der Waals surface area contributed by atoms with E-state index in [1.165, 1.54) is 12.8 Å². The molecule has 0 spiro atoms. The summed E-state index contributed by atoms with van der Waals surface area (Å²) in [5.41, 5.74) is 1.87. The summed E-state index contributed by atoms with van der Waals surface area (Å²) in [7, 11) is 0. The van der Waals surface area contributed by atoms with Crippen molar-refractivity contribution in [3.05, 3.63) is 34.7 Å². The minimum absolute atomic E-state index is 0.543. The molecule has 2 aromatic rings. The fraction of sp³-hybridized carbons (Fsp3) is 0.429. The summed E-state index contributed by atoms with van der Waals surface area (Å²) in [6, 6.07) is 6.40. The molecule has 5 heteroatoms. The van der Waals surface area contributed by atoms with Crippen molar-refractivity contribution in [3.8, 4) is 11.5 Å². The first kappa shape index (κ1) is 12.6. The first-order valence-electron chi connectivity index (χ1n) is 6.55. The zero-order valence-corrected chi connectivity index (χ0v) is 11.6. The Morgan fingerprint density at radius 1 is 1.37 bits per heavy atom. The summed E-state index contributed by atoms with van der Waals surface area (Å²) in [5.74, 6) is 1.21. The van der Waals surface area contributed by atoms with Gasteiger partial charge in [0.1, 0.15) is 0 Å². The Morgan fingerprint density at radius 2 is 2.21 bits per heavy atom. The third-order valence-electron chi connectivity index (χ3n) is 3.31. The maximum absolute atomic E-state index is 6.10. The van der Waals surface area contributed by atoms with Crippen molar-refractivity contribution in [2.75, 3.05) is 6.54 Å². The minimum atomic E-state index is 0.543. The van der Waals surface area contributed by atoms with E-state index >= 15 is 0 Å². The van der Waals surface area contributed by atoms with E-state index in [9.17, 15) is 0 Å². The Labute approximate surface area is 117 Å². The van der Waals surface area contributed by atoms with Crippen LogP contribution < -0.4 is 5.32 Å². The van der Waals surface area contributed by atoms with Gasteiger partial charge in [0, 0.05) is 29.6 Å². The number of hydrogen-bond acceptors (Lipinski definition) is 4. The van der Waals surface area contributed by atoms with Crippen molar-refractivity contribution in [1.82, 2.24) is 15.5 Å². The lowest BCUT2D eigenvalue weighted by Crippen LogP contribution is -2.19. The molecule has 1 saturated carbocycles. The maximum Gasteiger partial charge on any atom is 0.248 e. The monoisotopic (exact) mass is 277 g/mol. The molecule has 100 valence electrons. The van der Waals surface area contributed by atoms with E-state index in [4.69, 9.17) is 16.0 Å². The van der Waals surface area contributed by atoms with Gasteiger partial charge in [-0.25, -0.2) is 0 Å². The zero-order valence-electron chi connectivity index (χ0n) is 10.8. The topological polar surface area (TPSA) is 51.0 Å². The number of halogens is 1. The molecule has 0 bridgehead atoms. The average molecular weight is 278 g/mol. The van der Waals surface area contributed by atoms with E-state index in [-0.39, 0.29) is 0 Å². The third kappa shape index (κ3) is 2.96. The van der Waals surface area contributed by atoms with E-state index in [1.54, 1.807) is 0 Å². The molecule has 0 saturated heterocycles. The molecule has 1 N–H and O–H groups in total. The fourth-order valence-electron chi connectivity index (χ4n) is 1.97. The van der Waals surface area contributed by atoms with Gasteiger partial charge in [0.15, 0.2) is 0 Å². The standard InChI is InChI=1S/C14H16ClN3O/c1-9-11(3-2-4-12(9)15)14-18-17-13(19-14)7-8-16-10-5-6-10/h2-4,10,16H,5-8H2,1H3. The molecule has 0 unspecified atom stereocenters. The Hall–Kier alpha value is -1.39. The molecule has 1 aliphatic carbocycles. The van der Waals surface area contributed by atoms with Crippen LogP contribution in [0.2, 0.25) is 5.02 Å². The van der Waals surface area contributed by atoms with Crippen molar-refractivity contribution >= 4 is 11.6 Å². The van der Waals surface area contributed by atoms with Gasteiger partial charge in [0.25, 0.3) is 0 Å². The first-order valence-corrected chi connectivity index (χ1v) is 6.93. The molecule has 4 nitrogen and oxygen atoms in total. The van der Waals surface area contributed by atoms with Crippen molar-refractivity contribution in [3.63, 3.8) is 0 Å². The van der Waals surface area contributed by atoms with Crippen molar-refractivity contribution in [2.24, 2.45) is 0 Å². The molecule has 1 heterocycles. The first-order chi connectivity index (χ1) is 9.24. The summed E-state index contributed by atoms with van der Waals surface area (Å²) in [6.45, 7) is 2.84. The van der Waals surface area contributed by atoms with Crippen molar-refractivity contribution in [1.29, 1.82) is 0 Å². The lowest BCUT2D eigenvalue weighted by atomic mass is 10.1. The molecule has 0 aliphatic heterocycles. The predicted octanol–water partition coefficient (Wildman–Crippen LogP) is 2.99. The van der Waals surface area contributed by atoms with E-state index < -0.39 is 0 Å². The van der Waals surface area contributed by atoms with Gasteiger partial charge in [-0.15, -0.1) is 10.2 Å². The maximum atomic E-state index is 6.10. The molecule has 0 atom stereocenters. The Bertz CT molecular complexity index is 578. The molecular formula is C14H16ClN3O. The largest absolute Gasteiger partial charge is 0.421 e. The Balaban J connectivity index is 1.70. The van der Waals surface area contributed by atoms with Crippen LogP contribution in [0.25, 0.3) is 11.5 Å². The highest BCUT2D eigenvalue weighted by molar-refractivity contribution is 6.31. The number of rotatable bonds is 5. The lowest BCUT2D eigenvalue weighted by molar-refractivity contribution is 0.494. The Kier molecular flexibility index (Phi) is 3.53. The molecule has 1 aromatic heterocycles.